The Bertz CT molecular complexity index is 1130. The highest BCUT2D eigenvalue weighted by Crippen LogP contribution is 2.25. The first-order valence-electron chi connectivity index (χ1n) is 9.45. The van der Waals surface area contributed by atoms with E-state index in [0.717, 1.165) is 23.1 Å². The maximum absolute atomic E-state index is 14.5. The zero-order valence-electron chi connectivity index (χ0n) is 15.9. The van der Waals surface area contributed by atoms with Crippen LogP contribution < -0.4 is 5.56 Å². The molecule has 1 aliphatic rings. The number of hydrogen-bond acceptors (Lipinski definition) is 4. The van der Waals surface area contributed by atoms with Gasteiger partial charge in [-0.2, -0.15) is 5.10 Å². The predicted octanol–water partition coefficient (Wildman–Crippen LogP) is 2.40. The minimum atomic E-state index is -0.337. The Kier molecular flexibility index (Phi) is 5.12. The minimum Gasteiger partial charge on any atom is -0.368 e. The largest absolute Gasteiger partial charge is 0.368 e. The van der Waals surface area contributed by atoms with Crippen LogP contribution in [0.25, 0.3) is 16.5 Å². The monoisotopic (exact) mass is 392 g/mol. The van der Waals surface area contributed by atoms with Gasteiger partial charge in [0, 0.05) is 49.2 Å². The second-order valence-corrected chi connectivity index (χ2v) is 7.11. The summed E-state index contributed by atoms with van der Waals surface area (Å²) in [6, 6.07) is 12.2. The number of aromatic amines is 1. The lowest BCUT2D eigenvalue weighted by atomic mass is 10.0. The third-order valence-electron chi connectivity index (χ3n) is 5.33. The molecule has 2 aromatic carbocycles. The molecule has 0 aliphatic carbocycles. The summed E-state index contributed by atoms with van der Waals surface area (Å²) in [7, 11) is 0. The predicted molar refractivity (Wildman–Crippen MR) is 110 cm³/mol. The molecule has 1 aromatic heterocycles. The van der Waals surface area contributed by atoms with Crippen LogP contribution in [0.4, 0.5) is 4.39 Å². The molecule has 1 N–H and O–H groups in total. The van der Waals surface area contributed by atoms with Crippen LogP contribution in [0.2, 0.25) is 0 Å². The molecule has 148 valence electrons. The molecule has 0 radical (unpaired) electrons. The SMILES string of the molecule is C=C(c1cc(Cc2n[nH]c(=O)c3ccccc23)ccc1F)N1CCN(C=O)CC1. The number of aromatic nitrogens is 2. The summed E-state index contributed by atoms with van der Waals surface area (Å²) in [5.41, 5.74) is 2.42. The number of hydrogen-bond donors (Lipinski definition) is 1. The molecule has 3 aromatic rings. The van der Waals surface area contributed by atoms with Crippen molar-refractivity contribution in [1.29, 1.82) is 0 Å². The van der Waals surface area contributed by atoms with Crippen LogP contribution in [0.5, 0.6) is 0 Å². The van der Waals surface area contributed by atoms with Crippen molar-refractivity contribution in [2.45, 2.75) is 6.42 Å². The van der Waals surface area contributed by atoms with Gasteiger partial charge in [0.1, 0.15) is 5.82 Å². The van der Waals surface area contributed by atoms with Crippen molar-refractivity contribution in [3.05, 3.63) is 82.0 Å². The fourth-order valence-corrected chi connectivity index (χ4v) is 3.67. The van der Waals surface area contributed by atoms with Crippen LogP contribution in [-0.2, 0) is 11.2 Å². The number of piperazine rings is 1. The summed E-state index contributed by atoms with van der Waals surface area (Å²) in [5.74, 6) is -0.337. The molecular weight excluding hydrogens is 371 g/mol. The smallest absolute Gasteiger partial charge is 0.272 e. The molecule has 1 fully saturated rings. The lowest BCUT2D eigenvalue weighted by Crippen LogP contribution is -2.44. The van der Waals surface area contributed by atoms with Crippen molar-refractivity contribution in [1.82, 2.24) is 20.0 Å². The summed E-state index contributed by atoms with van der Waals surface area (Å²) >= 11 is 0. The Morgan fingerprint density at radius 1 is 1.14 bits per heavy atom. The summed E-state index contributed by atoms with van der Waals surface area (Å²) in [6.07, 6.45) is 1.29. The van der Waals surface area contributed by atoms with Gasteiger partial charge in [-0.3, -0.25) is 9.59 Å². The van der Waals surface area contributed by atoms with Crippen LogP contribution >= 0.6 is 0 Å². The first-order chi connectivity index (χ1) is 14.1. The first kappa shape index (κ1) is 18.9. The van der Waals surface area contributed by atoms with Crippen molar-refractivity contribution in [2.75, 3.05) is 26.2 Å². The van der Waals surface area contributed by atoms with E-state index in [-0.39, 0.29) is 11.4 Å². The van der Waals surface area contributed by atoms with Crippen molar-refractivity contribution in [2.24, 2.45) is 0 Å². The van der Waals surface area contributed by atoms with Gasteiger partial charge >= 0.3 is 0 Å². The quantitative estimate of drug-likeness (QED) is 0.677. The highest BCUT2D eigenvalue weighted by Gasteiger charge is 2.20. The van der Waals surface area contributed by atoms with Gasteiger partial charge in [-0.15, -0.1) is 0 Å². The number of carbonyl (C=O) groups excluding carboxylic acids is 1. The van der Waals surface area contributed by atoms with Crippen LogP contribution in [0.1, 0.15) is 16.8 Å². The molecule has 0 atom stereocenters. The van der Waals surface area contributed by atoms with Crippen molar-refractivity contribution < 1.29 is 9.18 Å². The van der Waals surface area contributed by atoms with Crippen molar-refractivity contribution >= 4 is 22.9 Å². The molecule has 4 rings (SSSR count). The summed E-state index contributed by atoms with van der Waals surface area (Å²) in [6.45, 7) is 6.51. The molecule has 0 unspecified atom stereocenters. The highest BCUT2D eigenvalue weighted by molar-refractivity contribution is 5.83. The van der Waals surface area contributed by atoms with E-state index in [1.807, 2.05) is 23.1 Å². The van der Waals surface area contributed by atoms with Gasteiger partial charge in [0.05, 0.1) is 11.1 Å². The van der Waals surface area contributed by atoms with Crippen molar-refractivity contribution in [3.63, 3.8) is 0 Å². The van der Waals surface area contributed by atoms with E-state index in [1.54, 1.807) is 23.1 Å². The third-order valence-corrected chi connectivity index (χ3v) is 5.33. The number of halogens is 1. The van der Waals surface area contributed by atoms with Gasteiger partial charge in [0.15, 0.2) is 0 Å². The minimum absolute atomic E-state index is 0.230. The lowest BCUT2D eigenvalue weighted by molar-refractivity contribution is -0.119. The molecule has 29 heavy (non-hydrogen) atoms. The zero-order chi connectivity index (χ0) is 20.4. The number of rotatable bonds is 5. The molecule has 0 saturated carbocycles. The van der Waals surface area contributed by atoms with Crippen LogP contribution in [0, 0.1) is 5.82 Å². The molecule has 0 bridgehead atoms. The maximum atomic E-state index is 14.5. The van der Waals surface area contributed by atoms with E-state index < -0.39 is 0 Å². The van der Waals surface area contributed by atoms with Crippen LogP contribution in [-0.4, -0.2) is 52.6 Å². The molecule has 7 heteroatoms. The van der Waals surface area contributed by atoms with Gasteiger partial charge in [0.25, 0.3) is 5.56 Å². The van der Waals surface area contributed by atoms with Gasteiger partial charge < -0.3 is 9.80 Å². The van der Waals surface area contributed by atoms with E-state index in [9.17, 15) is 14.0 Å². The first-order valence-corrected chi connectivity index (χ1v) is 9.45. The third kappa shape index (κ3) is 3.76. The lowest BCUT2D eigenvalue weighted by Gasteiger charge is -2.35. The molecule has 1 amide bonds. The number of nitrogens with one attached hydrogen (secondary N) is 1. The normalized spacial score (nSPS) is 14.2. The second kappa shape index (κ2) is 7.87. The maximum Gasteiger partial charge on any atom is 0.272 e. The molecule has 2 heterocycles. The number of carbonyl (C=O) groups is 1. The van der Waals surface area contributed by atoms with Gasteiger partial charge in [-0.1, -0.05) is 30.8 Å². The average Bonchev–Trinajstić information content (AvgIpc) is 2.77. The molecule has 6 nitrogen and oxygen atoms in total. The molecule has 1 aliphatic heterocycles. The summed E-state index contributed by atoms with van der Waals surface area (Å²) < 4.78 is 14.5. The summed E-state index contributed by atoms with van der Waals surface area (Å²) in [4.78, 5) is 26.6. The Hall–Kier alpha value is -3.48. The number of benzene rings is 2. The van der Waals surface area contributed by atoms with Crippen LogP contribution in [0.15, 0.2) is 53.8 Å². The summed E-state index contributed by atoms with van der Waals surface area (Å²) in [5, 5.41) is 8.10. The van der Waals surface area contributed by atoms with Gasteiger partial charge in [-0.25, -0.2) is 9.49 Å². The number of amides is 1. The average molecular weight is 392 g/mol. The Labute approximate surface area is 167 Å². The standard InChI is InChI=1S/C22H21FN4O2/c1-15(27-10-8-26(14-28)9-11-27)19-12-16(6-7-20(19)23)13-21-17-4-2-3-5-18(17)22(29)25-24-21/h2-7,12,14H,1,8-11,13H2,(H,25,29). The number of fused-ring (bicyclic) bond motifs is 1. The zero-order valence-corrected chi connectivity index (χ0v) is 15.9. The molecule has 1 saturated heterocycles. The fraction of sp³-hybridized carbons (Fsp3) is 0.227. The van der Waals surface area contributed by atoms with E-state index in [1.165, 1.54) is 6.07 Å². The molecular formula is C22H21FN4O2. The fourth-order valence-electron chi connectivity index (χ4n) is 3.67. The second-order valence-electron chi connectivity index (χ2n) is 7.11. The topological polar surface area (TPSA) is 69.3 Å². The molecule has 0 spiro atoms. The Morgan fingerprint density at radius 3 is 2.59 bits per heavy atom. The number of nitrogens with zero attached hydrogens (tertiary/aromatic N) is 3. The van der Waals surface area contributed by atoms with Crippen LogP contribution in [0.3, 0.4) is 0 Å². The Morgan fingerprint density at radius 2 is 1.86 bits per heavy atom. The van der Waals surface area contributed by atoms with Gasteiger partial charge in [-0.05, 0) is 23.8 Å². The van der Waals surface area contributed by atoms with E-state index >= 15 is 0 Å². The number of H-pyrrole nitrogens is 1. The van der Waals surface area contributed by atoms with E-state index in [2.05, 4.69) is 16.8 Å². The van der Waals surface area contributed by atoms with Crippen molar-refractivity contribution in [3.8, 4) is 0 Å². The van der Waals surface area contributed by atoms with E-state index in [4.69, 9.17) is 0 Å². The Balaban J connectivity index is 1.61. The highest BCUT2D eigenvalue weighted by atomic mass is 19.1. The van der Waals surface area contributed by atoms with Gasteiger partial charge in [0.2, 0.25) is 6.41 Å². The van der Waals surface area contributed by atoms with E-state index in [0.29, 0.717) is 49.2 Å².